The maximum atomic E-state index is 5.64. The van der Waals surface area contributed by atoms with Crippen LogP contribution in [0, 0.1) is 0 Å². The van der Waals surface area contributed by atoms with E-state index in [1.54, 1.807) is 7.11 Å². The molecule has 0 unspecified atom stereocenters. The molecule has 0 N–H and O–H groups in total. The molecule has 3 rings (SSSR count). The zero-order valence-corrected chi connectivity index (χ0v) is 13.5. The molecule has 2 heterocycles. The topological polar surface area (TPSA) is 57.4 Å². The molecular formula is C14H11BrN2O3S. The van der Waals surface area contributed by atoms with Crippen molar-refractivity contribution in [3.05, 3.63) is 46.1 Å². The molecule has 1 aromatic carbocycles. The molecule has 0 atom stereocenters. The molecule has 0 aliphatic carbocycles. The lowest BCUT2D eigenvalue weighted by Gasteiger charge is -2.07. The van der Waals surface area contributed by atoms with E-state index in [2.05, 4.69) is 26.1 Å². The molecule has 21 heavy (non-hydrogen) atoms. The molecule has 0 saturated carbocycles. The summed E-state index contributed by atoms with van der Waals surface area (Å²) in [5.74, 6) is 2.21. The van der Waals surface area contributed by atoms with Gasteiger partial charge in [0.05, 0.1) is 15.8 Å². The van der Waals surface area contributed by atoms with Crippen LogP contribution < -0.4 is 9.47 Å². The summed E-state index contributed by atoms with van der Waals surface area (Å²) in [5, 5.41) is 8.00. The quantitative estimate of drug-likeness (QED) is 0.678. The first-order valence-corrected chi connectivity index (χ1v) is 7.71. The molecule has 0 bridgehead atoms. The zero-order chi connectivity index (χ0) is 14.7. The van der Waals surface area contributed by atoms with Crippen molar-refractivity contribution in [1.82, 2.24) is 10.2 Å². The Morgan fingerprint density at radius 3 is 2.67 bits per heavy atom. The number of ether oxygens (including phenoxy) is 2. The Morgan fingerprint density at radius 2 is 1.95 bits per heavy atom. The van der Waals surface area contributed by atoms with Gasteiger partial charge in [-0.25, -0.2) is 0 Å². The Kier molecular flexibility index (Phi) is 4.21. The molecule has 0 spiro atoms. The van der Waals surface area contributed by atoms with Crippen LogP contribution in [-0.2, 0) is 6.61 Å². The van der Waals surface area contributed by atoms with E-state index in [1.165, 1.54) is 11.3 Å². The van der Waals surface area contributed by atoms with Gasteiger partial charge >= 0.3 is 0 Å². The SMILES string of the molecule is COc1ccccc1OCc1nnc(-c2ccc(Br)s2)o1. The third-order valence-corrected chi connectivity index (χ3v) is 4.28. The van der Waals surface area contributed by atoms with Gasteiger partial charge in [-0.2, -0.15) is 0 Å². The van der Waals surface area contributed by atoms with Gasteiger partial charge < -0.3 is 13.9 Å². The molecular weight excluding hydrogens is 356 g/mol. The number of halogens is 1. The van der Waals surface area contributed by atoms with E-state index in [1.807, 2.05) is 36.4 Å². The van der Waals surface area contributed by atoms with Gasteiger partial charge in [-0.15, -0.1) is 21.5 Å². The van der Waals surface area contributed by atoms with Crippen molar-refractivity contribution in [1.29, 1.82) is 0 Å². The highest BCUT2D eigenvalue weighted by molar-refractivity contribution is 9.11. The second-order valence-corrected chi connectivity index (χ2v) is 6.51. The average Bonchev–Trinajstić information content (AvgIpc) is 3.14. The van der Waals surface area contributed by atoms with E-state index < -0.39 is 0 Å². The lowest BCUT2D eigenvalue weighted by atomic mass is 10.3. The van der Waals surface area contributed by atoms with Gasteiger partial charge in [0.2, 0.25) is 0 Å². The van der Waals surface area contributed by atoms with E-state index in [4.69, 9.17) is 13.9 Å². The highest BCUT2D eigenvalue weighted by Gasteiger charge is 2.12. The average molecular weight is 367 g/mol. The van der Waals surface area contributed by atoms with Gasteiger partial charge in [0.25, 0.3) is 11.8 Å². The summed E-state index contributed by atoms with van der Waals surface area (Å²) in [6.07, 6.45) is 0. The van der Waals surface area contributed by atoms with E-state index in [-0.39, 0.29) is 6.61 Å². The van der Waals surface area contributed by atoms with Crippen LogP contribution in [0.2, 0.25) is 0 Å². The predicted octanol–water partition coefficient (Wildman–Crippen LogP) is 4.15. The summed E-state index contributed by atoms with van der Waals surface area (Å²) in [6, 6.07) is 11.3. The molecule has 3 aromatic rings. The highest BCUT2D eigenvalue weighted by atomic mass is 79.9. The van der Waals surface area contributed by atoms with Crippen LogP contribution in [0.4, 0.5) is 0 Å². The number of rotatable bonds is 5. The van der Waals surface area contributed by atoms with E-state index in [0.29, 0.717) is 23.3 Å². The van der Waals surface area contributed by atoms with Crippen LogP contribution in [0.1, 0.15) is 5.89 Å². The maximum Gasteiger partial charge on any atom is 0.257 e. The van der Waals surface area contributed by atoms with Crippen molar-refractivity contribution in [2.75, 3.05) is 7.11 Å². The number of nitrogens with zero attached hydrogens (tertiary/aromatic N) is 2. The van der Waals surface area contributed by atoms with E-state index >= 15 is 0 Å². The third-order valence-electron chi connectivity index (χ3n) is 2.67. The Bertz CT molecular complexity index is 741. The van der Waals surface area contributed by atoms with E-state index in [0.717, 1.165) is 8.66 Å². The van der Waals surface area contributed by atoms with Crippen LogP contribution in [0.25, 0.3) is 10.8 Å². The minimum atomic E-state index is 0.194. The molecule has 0 saturated heterocycles. The summed E-state index contributed by atoms with van der Waals surface area (Å²) < 4.78 is 17.5. The van der Waals surface area contributed by atoms with Crippen molar-refractivity contribution in [2.24, 2.45) is 0 Å². The minimum absolute atomic E-state index is 0.194. The Morgan fingerprint density at radius 1 is 1.14 bits per heavy atom. The first-order valence-electron chi connectivity index (χ1n) is 6.10. The first-order chi connectivity index (χ1) is 10.3. The first kappa shape index (κ1) is 14.1. The molecule has 2 aromatic heterocycles. The highest BCUT2D eigenvalue weighted by Crippen LogP contribution is 2.31. The summed E-state index contributed by atoms with van der Waals surface area (Å²) >= 11 is 4.94. The Hall–Kier alpha value is -1.86. The van der Waals surface area contributed by atoms with Crippen molar-refractivity contribution in [2.45, 2.75) is 6.61 Å². The van der Waals surface area contributed by atoms with Gasteiger partial charge in [0.15, 0.2) is 18.1 Å². The van der Waals surface area contributed by atoms with Crippen molar-refractivity contribution >= 4 is 27.3 Å². The van der Waals surface area contributed by atoms with Crippen molar-refractivity contribution in [3.8, 4) is 22.3 Å². The van der Waals surface area contributed by atoms with Gasteiger partial charge in [-0.05, 0) is 40.2 Å². The zero-order valence-electron chi connectivity index (χ0n) is 11.1. The fourth-order valence-electron chi connectivity index (χ4n) is 1.72. The number of methoxy groups -OCH3 is 1. The van der Waals surface area contributed by atoms with Crippen molar-refractivity contribution < 1.29 is 13.9 Å². The van der Waals surface area contributed by atoms with E-state index in [9.17, 15) is 0 Å². The lowest BCUT2D eigenvalue weighted by molar-refractivity contribution is 0.251. The fourth-order valence-corrected chi connectivity index (χ4v) is 3.03. The number of hydrogen-bond donors (Lipinski definition) is 0. The standard InChI is InChI=1S/C14H11BrN2O3S/c1-18-9-4-2-3-5-10(9)19-8-13-16-17-14(20-13)11-6-7-12(15)21-11/h2-7H,8H2,1H3. The van der Waals surface area contributed by atoms with Crippen molar-refractivity contribution in [3.63, 3.8) is 0 Å². The maximum absolute atomic E-state index is 5.64. The van der Waals surface area contributed by atoms with Crippen LogP contribution in [0.5, 0.6) is 11.5 Å². The molecule has 0 radical (unpaired) electrons. The largest absolute Gasteiger partial charge is 0.493 e. The number of aromatic nitrogens is 2. The number of para-hydroxylation sites is 2. The molecule has 5 nitrogen and oxygen atoms in total. The monoisotopic (exact) mass is 366 g/mol. The molecule has 0 fully saturated rings. The summed E-state index contributed by atoms with van der Waals surface area (Å²) in [6.45, 7) is 0.194. The molecule has 7 heteroatoms. The van der Waals surface area contributed by atoms with Crippen LogP contribution in [0.15, 0.2) is 44.6 Å². The molecule has 108 valence electrons. The third kappa shape index (κ3) is 3.25. The second kappa shape index (κ2) is 6.28. The van der Waals surface area contributed by atoms with Gasteiger partial charge in [-0.3, -0.25) is 0 Å². The predicted molar refractivity (Wildman–Crippen MR) is 82.6 cm³/mol. The summed E-state index contributed by atoms with van der Waals surface area (Å²) in [5.41, 5.74) is 0. The van der Waals surface area contributed by atoms with Crippen LogP contribution in [0.3, 0.4) is 0 Å². The van der Waals surface area contributed by atoms with Gasteiger partial charge in [0.1, 0.15) is 0 Å². The molecule has 0 amide bonds. The van der Waals surface area contributed by atoms with Gasteiger partial charge in [0, 0.05) is 0 Å². The number of benzene rings is 1. The Balaban J connectivity index is 1.70. The smallest absolute Gasteiger partial charge is 0.257 e. The summed E-state index contributed by atoms with van der Waals surface area (Å²) in [4.78, 5) is 0.915. The lowest BCUT2D eigenvalue weighted by Crippen LogP contribution is -1.97. The number of hydrogen-bond acceptors (Lipinski definition) is 6. The van der Waals surface area contributed by atoms with Crippen LogP contribution >= 0.6 is 27.3 Å². The number of thiophene rings is 1. The molecule has 0 aliphatic rings. The fraction of sp³-hybridized carbons (Fsp3) is 0.143. The Labute approximate surface area is 133 Å². The normalized spacial score (nSPS) is 10.6. The van der Waals surface area contributed by atoms with Gasteiger partial charge in [-0.1, -0.05) is 12.1 Å². The van der Waals surface area contributed by atoms with Crippen LogP contribution in [-0.4, -0.2) is 17.3 Å². The second-order valence-electron chi connectivity index (χ2n) is 4.04. The summed E-state index contributed by atoms with van der Waals surface area (Å²) in [7, 11) is 1.60. The molecule has 0 aliphatic heterocycles. The minimum Gasteiger partial charge on any atom is -0.493 e.